The molecule has 0 atom stereocenters. The number of benzene rings is 1. The molecule has 7 nitrogen and oxygen atoms in total. The minimum atomic E-state index is -0.391. The lowest BCUT2D eigenvalue weighted by atomic mass is 10.1. The van der Waals surface area contributed by atoms with Gasteiger partial charge in [0.2, 0.25) is 5.91 Å². The number of carbonyl (C=O) groups is 2. The third-order valence-electron chi connectivity index (χ3n) is 5.60. The molecule has 1 aliphatic rings. The van der Waals surface area contributed by atoms with E-state index in [0.29, 0.717) is 27.2 Å². The molecule has 174 valence electrons. The fourth-order valence-corrected chi connectivity index (χ4v) is 6.00. The molecule has 0 fully saturated rings. The van der Waals surface area contributed by atoms with Crippen LogP contribution in [0, 0.1) is 0 Å². The van der Waals surface area contributed by atoms with Crippen LogP contribution >= 0.6 is 34.7 Å². The van der Waals surface area contributed by atoms with Gasteiger partial charge in [0.05, 0.1) is 18.4 Å². The summed E-state index contributed by atoms with van der Waals surface area (Å²) in [4.78, 5) is 26.4. The lowest BCUT2D eigenvalue weighted by molar-refractivity contribution is -0.113. The number of aryl methyl sites for hydroxylation is 1. The monoisotopic (exact) mass is 504 g/mol. The average Bonchev–Trinajstić information content (AvgIpc) is 3.23. The van der Waals surface area contributed by atoms with E-state index in [1.54, 1.807) is 0 Å². The van der Waals surface area contributed by atoms with Gasteiger partial charge >= 0.3 is 5.97 Å². The third-order valence-corrected chi connectivity index (χ3v) is 8.08. The number of nitrogens with one attached hydrogen (secondary N) is 1. The molecule has 0 aliphatic heterocycles. The van der Waals surface area contributed by atoms with Crippen LogP contribution in [0.3, 0.4) is 0 Å². The van der Waals surface area contributed by atoms with Crippen molar-refractivity contribution in [1.29, 1.82) is 0 Å². The van der Waals surface area contributed by atoms with Crippen LogP contribution in [0.15, 0.2) is 29.4 Å². The van der Waals surface area contributed by atoms with Gasteiger partial charge in [-0.2, -0.15) is 0 Å². The van der Waals surface area contributed by atoms with Gasteiger partial charge in [0.25, 0.3) is 0 Å². The molecule has 0 unspecified atom stereocenters. The van der Waals surface area contributed by atoms with Crippen molar-refractivity contribution in [3.05, 3.63) is 56.7 Å². The van der Waals surface area contributed by atoms with Crippen LogP contribution in [-0.2, 0) is 35.8 Å². The molecule has 1 N–H and O–H groups in total. The molecule has 0 radical (unpaired) electrons. The number of carbonyl (C=O) groups excluding carboxylic acids is 2. The quantitative estimate of drug-likeness (QED) is 0.279. The van der Waals surface area contributed by atoms with E-state index in [1.165, 1.54) is 35.1 Å². The predicted octanol–water partition coefficient (Wildman–Crippen LogP) is 4.91. The first kappa shape index (κ1) is 23.8. The van der Waals surface area contributed by atoms with E-state index < -0.39 is 5.97 Å². The summed E-state index contributed by atoms with van der Waals surface area (Å²) in [5, 5.41) is 13.4. The topological polar surface area (TPSA) is 86.1 Å². The average molecular weight is 505 g/mol. The number of hydrogen-bond donors (Lipinski definition) is 1. The summed E-state index contributed by atoms with van der Waals surface area (Å²) in [7, 11) is 3.26. The lowest BCUT2D eigenvalue weighted by Gasteiger charge is -2.07. The minimum absolute atomic E-state index is 0.163. The summed E-state index contributed by atoms with van der Waals surface area (Å²) in [6.07, 6.45) is 5.69. The maximum atomic E-state index is 12.7. The Kier molecular flexibility index (Phi) is 7.72. The van der Waals surface area contributed by atoms with Gasteiger partial charge < -0.3 is 14.6 Å². The second-order valence-electron chi connectivity index (χ2n) is 7.86. The number of methoxy groups -OCH3 is 1. The maximum Gasteiger partial charge on any atom is 0.341 e. The predicted molar refractivity (Wildman–Crippen MR) is 132 cm³/mol. The molecule has 0 saturated carbocycles. The Morgan fingerprint density at radius 2 is 1.94 bits per heavy atom. The normalized spacial score (nSPS) is 13.3. The van der Waals surface area contributed by atoms with E-state index in [2.05, 4.69) is 15.5 Å². The van der Waals surface area contributed by atoms with Crippen molar-refractivity contribution in [2.24, 2.45) is 7.05 Å². The Morgan fingerprint density at radius 3 is 2.70 bits per heavy atom. The summed E-state index contributed by atoms with van der Waals surface area (Å²) in [5.41, 5.74) is 2.63. The molecule has 1 aliphatic carbocycles. The van der Waals surface area contributed by atoms with Gasteiger partial charge in [0.15, 0.2) is 5.16 Å². The Hall–Kier alpha value is -2.36. The minimum Gasteiger partial charge on any atom is -0.465 e. The van der Waals surface area contributed by atoms with Gasteiger partial charge in [0.1, 0.15) is 10.8 Å². The van der Waals surface area contributed by atoms with Gasteiger partial charge in [-0.15, -0.1) is 21.5 Å². The Bertz CT molecular complexity index is 1160. The van der Waals surface area contributed by atoms with Crippen molar-refractivity contribution in [2.75, 3.05) is 18.2 Å². The van der Waals surface area contributed by atoms with Crippen molar-refractivity contribution in [1.82, 2.24) is 14.8 Å². The van der Waals surface area contributed by atoms with Crippen molar-refractivity contribution in [3.8, 4) is 0 Å². The smallest absolute Gasteiger partial charge is 0.341 e. The van der Waals surface area contributed by atoms with Gasteiger partial charge in [0, 0.05) is 23.4 Å². The number of anilines is 1. The second kappa shape index (κ2) is 10.7. The molecule has 4 rings (SSSR count). The zero-order chi connectivity index (χ0) is 23.4. The fraction of sp³-hybridized carbons (Fsp3) is 0.391. The molecule has 2 heterocycles. The first-order chi connectivity index (χ1) is 16.0. The fourth-order valence-electron chi connectivity index (χ4n) is 3.85. The van der Waals surface area contributed by atoms with Crippen LogP contribution < -0.4 is 5.32 Å². The molecule has 2 aromatic heterocycles. The highest BCUT2D eigenvalue weighted by Gasteiger charge is 2.26. The number of thiophene rings is 1. The van der Waals surface area contributed by atoms with E-state index in [0.717, 1.165) is 49.1 Å². The van der Waals surface area contributed by atoms with Crippen molar-refractivity contribution < 1.29 is 14.3 Å². The Morgan fingerprint density at radius 1 is 1.18 bits per heavy atom. The molecule has 10 heteroatoms. The molecular formula is C23H25ClN4O3S2. The Labute approximate surface area is 205 Å². The number of aromatic nitrogens is 3. The number of hydrogen-bond acceptors (Lipinski definition) is 7. The van der Waals surface area contributed by atoms with Crippen LogP contribution in [0.5, 0.6) is 0 Å². The maximum absolute atomic E-state index is 12.7. The molecule has 33 heavy (non-hydrogen) atoms. The van der Waals surface area contributed by atoms with Gasteiger partial charge in [-0.25, -0.2) is 4.79 Å². The van der Waals surface area contributed by atoms with Crippen LogP contribution in [0.1, 0.15) is 51.4 Å². The summed E-state index contributed by atoms with van der Waals surface area (Å²) < 4.78 is 6.90. The zero-order valence-electron chi connectivity index (χ0n) is 18.5. The highest BCUT2D eigenvalue weighted by molar-refractivity contribution is 7.99. The number of rotatable bonds is 7. The van der Waals surface area contributed by atoms with Crippen molar-refractivity contribution in [2.45, 2.75) is 43.7 Å². The van der Waals surface area contributed by atoms with Gasteiger partial charge in [-0.05, 0) is 48.9 Å². The molecular weight excluding hydrogens is 480 g/mol. The highest BCUT2D eigenvalue weighted by atomic mass is 35.5. The number of halogens is 1. The molecule has 0 saturated heterocycles. The second-order valence-corrected chi connectivity index (χ2v) is 10.3. The molecule has 0 spiro atoms. The number of amides is 1. The standard InChI is InChI=1S/C23H25ClN4O3S2/c1-28-18(12-14-8-10-15(24)11-9-14)26-27-23(28)32-13-19(29)25-21-20(22(30)31-2)16-6-4-3-5-7-17(16)33-21/h8-11H,3-7,12-13H2,1-2H3,(H,25,29). The van der Waals surface area contributed by atoms with E-state index in [1.807, 2.05) is 35.9 Å². The van der Waals surface area contributed by atoms with Crippen LogP contribution in [0.25, 0.3) is 0 Å². The van der Waals surface area contributed by atoms with Gasteiger partial charge in [-0.1, -0.05) is 41.9 Å². The Balaban J connectivity index is 1.41. The number of ether oxygens (including phenoxy) is 1. The van der Waals surface area contributed by atoms with Crippen LogP contribution in [0.4, 0.5) is 5.00 Å². The van der Waals surface area contributed by atoms with E-state index in [4.69, 9.17) is 16.3 Å². The zero-order valence-corrected chi connectivity index (χ0v) is 20.9. The summed E-state index contributed by atoms with van der Waals surface area (Å²) in [5.74, 6) is 0.382. The number of nitrogens with zero attached hydrogens (tertiary/aromatic N) is 3. The van der Waals surface area contributed by atoms with Crippen LogP contribution in [-0.4, -0.2) is 39.5 Å². The molecule has 1 aromatic carbocycles. The molecule has 1 amide bonds. The summed E-state index contributed by atoms with van der Waals surface area (Å²) >= 11 is 8.76. The third kappa shape index (κ3) is 5.59. The van der Waals surface area contributed by atoms with Gasteiger partial charge in [-0.3, -0.25) is 4.79 Å². The molecule has 3 aromatic rings. The molecule has 0 bridgehead atoms. The van der Waals surface area contributed by atoms with Crippen molar-refractivity contribution >= 4 is 51.6 Å². The lowest BCUT2D eigenvalue weighted by Crippen LogP contribution is -2.16. The van der Waals surface area contributed by atoms with E-state index in [9.17, 15) is 9.59 Å². The summed E-state index contributed by atoms with van der Waals surface area (Å²) in [6, 6.07) is 7.61. The van der Waals surface area contributed by atoms with Crippen LogP contribution in [0.2, 0.25) is 5.02 Å². The first-order valence-corrected chi connectivity index (χ1v) is 12.9. The highest BCUT2D eigenvalue weighted by Crippen LogP contribution is 2.38. The number of thioether (sulfide) groups is 1. The van der Waals surface area contributed by atoms with Crippen molar-refractivity contribution in [3.63, 3.8) is 0 Å². The number of fused-ring (bicyclic) bond motifs is 1. The van der Waals surface area contributed by atoms with E-state index in [-0.39, 0.29) is 11.7 Å². The largest absolute Gasteiger partial charge is 0.465 e. The first-order valence-electron chi connectivity index (χ1n) is 10.7. The van der Waals surface area contributed by atoms with E-state index >= 15 is 0 Å². The SMILES string of the molecule is COC(=O)c1c(NC(=O)CSc2nnc(Cc3ccc(Cl)cc3)n2C)sc2c1CCCCC2. The summed E-state index contributed by atoms with van der Waals surface area (Å²) in [6.45, 7) is 0. The number of esters is 1.